The first-order valence-corrected chi connectivity index (χ1v) is 14.2. The minimum absolute atomic E-state index is 0.0121. The average molecular weight is 604 g/mol. The molecule has 0 radical (unpaired) electrons. The number of amides is 5. The van der Waals surface area contributed by atoms with Crippen molar-refractivity contribution in [2.75, 3.05) is 33.2 Å². The zero-order valence-corrected chi connectivity index (χ0v) is 24.4. The molecule has 1 aromatic carbocycles. The minimum Gasteiger partial charge on any atom is -0.507 e. The van der Waals surface area contributed by atoms with E-state index in [1.807, 2.05) is 0 Å². The number of hydrogen-bond donors (Lipinski definition) is 7. The number of phenols is 1. The van der Waals surface area contributed by atoms with Gasteiger partial charge in [0.2, 0.25) is 17.7 Å². The van der Waals surface area contributed by atoms with E-state index in [2.05, 4.69) is 27.8 Å². The van der Waals surface area contributed by atoms with Gasteiger partial charge in [-0.15, -0.1) is 0 Å². The Labute approximate surface area is 249 Å². The first-order chi connectivity index (χ1) is 20.4. The number of carbonyl (C=O) groups excluding carboxylic acids is 5. The highest BCUT2D eigenvalue weighted by Crippen LogP contribution is 2.26. The highest BCUT2D eigenvalue weighted by molar-refractivity contribution is 6.02. The van der Waals surface area contributed by atoms with E-state index in [9.17, 15) is 39.5 Å². The van der Waals surface area contributed by atoms with E-state index in [-0.39, 0.29) is 49.8 Å². The van der Waals surface area contributed by atoms with Crippen molar-refractivity contribution in [1.82, 2.24) is 36.3 Å². The fraction of sp³-hybridized carbons (Fsp3) is 0.536. The number of piperidine rings is 1. The zero-order chi connectivity index (χ0) is 31.7. The lowest BCUT2D eigenvalue weighted by Gasteiger charge is -2.29. The second-order valence-electron chi connectivity index (χ2n) is 10.6. The van der Waals surface area contributed by atoms with E-state index in [1.54, 1.807) is 26.1 Å². The molecule has 2 fully saturated rings. The van der Waals surface area contributed by atoms with E-state index in [0.717, 1.165) is 0 Å². The predicted molar refractivity (Wildman–Crippen MR) is 153 cm³/mol. The molecule has 0 aromatic heterocycles. The molecule has 1 unspecified atom stereocenters. The first kappa shape index (κ1) is 33.3. The second kappa shape index (κ2) is 15.3. The topological polar surface area (TPSA) is 204 Å². The Morgan fingerprint density at radius 1 is 1.21 bits per heavy atom. The first-order valence-electron chi connectivity index (χ1n) is 14.2. The van der Waals surface area contributed by atoms with E-state index in [0.29, 0.717) is 41.5 Å². The monoisotopic (exact) mass is 603 g/mol. The number of benzene rings is 1. The molecule has 0 bridgehead atoms. The molecule has 0 aliphatic carbocycles. The number of phenolic OH excluding ortho intramolecular Hbond substituents is 1. The molecule has 2 saturated heterocycles. The van der Waals surface area contributed by atoms with Crippen LogP contribution in [0.15, 0.2) is 36.5 Å². The number of aromatic hydroxyl groups is 1. The lowest BCUT2D eigenvalue weighted by Crippen LogP contribution is -2.54. The van der Waals surface area contributed by atoms with Gasteiger partial charge in [-0.25, -0.2) is 10.1 Å². The smallest absolute Gasteiger partial charge is 0.268 e. The summed E-state index contributed by atoms with van der Waals surface area (Å²) in [5, 5.41) is 41.9. The van der Waals surface area contributed by atoms with Crippen LogP contribution in [0.2, 0.25) is 0 Å². The summed E-state index contributed by atoms with van der Waals surface area (Å²) in [7, 11) is 1.59. The van der Waals surface area contributed by atoms with Gasteiger partial charge in [-0.2, -0.15) is 0 Å². The van der Waals surface area contributed by atoms with Crippen molar-refractivity contribution < 1.29 is 39.5 Å². The van der Waals surface area contributed by atoms with Crippen molar-refractivity contribution in [3.63, 3.8) is 0 Å². The summed E-state index contributed by atoms with van der Waals surface area (Å²) < 4.78 is 0. The number of likely N-dealkylation sites (N-methyl/N-ethyl adjacent to an activating group) is 1. The van der Waals surface area contributed by atoms with Crippen LogP contribution >= 0.6 is 0 Å². The molecule has 236 valence electrons. The quantitative estimate of drug-likeness (QED) is 0.0763. The highest BCUT2D eigenvalue weighted by atomic mass is 16.5. The Bertz CT molecular complexity index is 1210. The van der Waals surface area contributed by atoms with E-state index in [1.165, 1.54) is 17.0 Å². The van der Waals surface area contributed by atoms with Gasteiger partial charge in [-0.3, -0.25) is 34.4 Å². The number of hydrogen-bond acceptors (Lipinski definition) is 10. The third-order valence-electron chi connectivity index (χ3n) is 7.43. The van der Waals surface area contributed by atoms with Crippen LogP contribution in [-0.4, -0.2) is 117 Å². The van der Waals surface area contributed by atoms with E-state index >= 15 is 0 Å². The van der Waals surface area contributed by atoms with E-state index < -0.39 is 47.8 Å². The third kappa shape index (κ3) is 9.14. The molecule has 43 heavy (non-hydrogen) atoms. The van der Waals surface area contributed by atoms with Gasteiger partial charge in [0.1, 0.15) is 17.8 Å². The number of nitrogens with one attached hydrogen (secondary N) is 4. The average Bonchev–Trinajstić information content (AvgIpc) is 3.78. The summed E-state index contributed by atoms with van der Waals surface area (Å²) in [5.41, 5.74) is 0.563. The van der Waals surface area contributed by atoms with Crippen molar-refractivity contribution in [3.05, 3.63) is 42.1 Å². The fourth-order valence-corrected chi connectivity index (χ4v) is 4.65. The molecule has 4 atom stereocenters. The Morgan fingerprint density at radius 2 is 1.93 bits per heavy atom. The molecular formula is C28H41N7O8. The van der Waals surface area contributed by atoms with Gasteiger partial charge in [0.05, 0.1) is 24.2 Å². The zero-order valence-electron chi connectivity index (χ0n) is 24.4. The molecule has 2 aliphatic rings. The van der Waals surface area contributed by atoms with Crippen LogP contribution in [0, 0.1) is 0 Å². The molecular weight excluding hydrogens is 562 g/mol. The fourth-order valence-electron chi connectivity index (χ4n) is 4.65. The summed E-state index contributed by atoms with van der Waals surface area (Å²) in [6.45, 7) is 6.17. The number of para-hydroxylation sites is 1. The van der Waals surface area contributed by atoms with Gasteiger partial charge >= 0.3 is 0 Å². The maximum atomic E-state index is 12.6. The van der Waals surface area contributed by atoms with Crippen molar-refractivity contribution in [3.8, 4) is 5.75 Å². The van der Waals surface area contributed by atoms with Gasteiger partial charge in [-0.05, 0) is 51.8 Å². The normalized spacial score (nSPS) is 19.2. The van der Waals surface area contributed by atoms with E-state index in [4.69, 9.17) is 0 Å². The molecule has 7 N–H and O–H groups in total. The lowest BCUT2D eigenvalue weighted by molar-refractivity contribution is -0.173. The molecule has 0 saturated carbocycles. The van der Waals surface area contributed by atoms with Crippen LogP contribution in [-0.2, 0) is 19.2 Å². The van der Waals surface area contributed by atoms with Gasteiger partial charge < -0.3 is 31.3 Å². The maximum Gasteiger partial charge on any atom is 0.268 e. The highest BCUT2D eigenvalue weighted by Gasteiger charge is 2.45. The SMILES string of the molecule is C=C(NCCC(=O)N(O)CCC[C@H](NC)C(=O)NC1CCCN(O)C1=O)[C@H](C)NC(=O)[C@H]1CN1C(=O)c1ccccc1O. The van der Waals surface area contributed by atoms with Crippen LogP contribution in [0.5, 0.6) is 5.75 Å². The van der Waals surface area contributed by atoms with Gasteiger partial charge in [0.25, 0.3) is 11.8 Å². The van der Waals surface area contributed by atoms with Crippen LogP contribution < -0.4 is 21.3 Å². The molecule has 0 spiro atoms. The minimum atomic E-state index is -0.793. The van der Waals surface area contributed by atoms with Crippen molar-refractivity contribution in [2.24, 2.45) is 0 Å². The van der Waals surface area contributed by atoms with Crippen molar-refractivity contribution in [2.45, 2.75) is 63.2 Å². The summed E-state index contributed by atoms with van der Waals surface area (Å²) in [6.07, 6.45) is 1.54. The summed E-state index contributed by atoms with van der Waals surface area (Å²) in [5.74, 6) is -2.47. The Hall–Kier alpha value is -4.21. The molecule has 2 heterocycles. The summed E-state index contributed by atoms with van der Waals surface area (Å²) >= 11 is 0. The molecule has 1 aromatic rings. The largest absolute Gasteiger partial charge is 0.507 e. The number of rotatable bonds is 15. The van der Waals surface area contributed by atoms with Gasteiger partial charge in [0, 0.05) is 31.8 Å². The number of carbonyl (C=O) groups is 5. The number of hydroxylamine groups is 4. The lowest BCUT2D eigenvalue weighted by atomic mass is 10.0. The molecule has 3 rings (SSSR count). The van der Waals surface area contributed by atoms with Crippen LogP contribution in [0.1, 0.15) is 49.4 Å². The third-order valence-corrected chi connectivity index (χ3v) is 7.43. The molecule has 5 amide bonds. The Kier molecular flexibility index (Phi) is 11.9. The Balaban J connectivity index is 1.31. The molecule has 15 nitrogen and oxygen atoms in total. The van der Waals surface area contributed by atoms with Gasteiger partial charge in [0.15, 0.2) is 0 Å². The second-order valence-corrected chi connectivity index (χ2v) is 10.6. The summed E-state index contributed by atoms with van der Waals surface area (Å²) in [4.78, 5) is 63.3. The predicted octanol–water partition coefficient (Wildman–Crippen LogP) is -0.703. The van der Waals surface area contributed by atoms with Crippen molar-refractivity contribution >= 4 is 29.5 Å². The van der Waals surface area contributed by atoms with Crippen LogP contribution in [0.25, 0.3) is 0 Å². The van der Waals surface area contributed by atoms with Crippen LogP contribution in [0.3, 0.4) is 0 Å². The Morgan fingerprint density at radius 3 is 2.63 bits per heavy atom. The summed E-state index contributed by atoms with van der Waals surface area (Å²) in [6, 6.07) is 3.51. The standard InChI is InChI=1S/C28H41N7O8/c1-17(18(2)31-26(39)22-16-33(22)27(40)19-8-4-5-11-23(19)36)30-13-12-24(37)34(42)14-6-9-20(29-3)25(38)32-21-10-7-15-35(43)28(21)41/h4-5,8,11,18,20-22,29-30,36,42-43H,1,6-7,9-10,12-16H2,2-3H3,(H,31,39)(H,32,38)/t18-,20-,21?,22+,33?/m0/s1. The molecule has 2 aliphatic heterocycles. The number of nitrogens with zero attached hydrogens (tertiary/aromatic N) is 3. The van der Waals surface area contributed by atoms with Gasteiger partial charge in [-0.1, -0.05) is 18.7 Å². The molecule has 15 heteroatoms. The maximum absolute atomic E-state index is 12.6. The van der Waals surface area contributed by atoms with Crippen molar-refractivity contribution in [1.29, 1.82) is 0 Å². The van der Waals surface area contributed by atoms with Crippen LogP contribution in [0.4, 0.5) is 0 Å².